The molecule has 0 amide bonds. The summed E-state index contributed by atoms with van der Waals surface area (Å²) in [5, 5.41) is 0. The molecule has 4 nitrogen and oxygen atoms in total. The number of ether oxygens (including phenoxy) is 2. The first-order valence-electron chi connectivity index (χ1n) is 11.9. The van der Waals surface area contributed by atoms with Gasteiger partial charge in [0, 0.05) is 0 Å². The molecule has 2 saturated carbocycles. The Morgan fingerprint density at radius 3 is 1.86 bits per heavy atom. The minimum absolute atomic E-state index is 0.0230. The quantitative estimate of drug-likeness (QED) is 0.315. The first-order valence-corrected chi connectivity index (χ1v) is 11.9. The molecular weight excluding hydrogens is 352 g/mol. The fourth-order valence-electron chi connectivity index (χ4n) is 4.55. The maximum absolute atomic E-state index is 12.4. The highest BCUT2D eigenvalue weighted by Gasteiger charge is 2.32. The van der Waals surface area contributed by atoms with Crippen LogP contribution >= 0.6 is 0 Å². The molecule has 0 aromatic rings. The SMILES string of the molecule is CCCCCCCCOC(=O)C1CCC(C(=O)OCC2CCC(C)CC2)CC1. The lowest BCUT2D eigenvalue weighted by molar-refractivity contribution is -0.156. The first-order chi connectivity index (χ1) is 13.6. The molecule has 0 aromatic carbocycles. The molecule has 0 heterocycles. The summed E-state index contributed by atoms with van der Waals surface area (Å²) in [6.45, 7) is 5.66. The topological polar surface area (TPSA) is 52.6 Å². The van der Waals surface area contributed by atoms with E-state index in [0.717, 1.165) is 44.4 Å². The number of hydrogen-bond donors (Lipinski definition) is 0. The third-order valence-electron chi connectivity index (χ3n) is 6.73. The first kappa shape index (κ1) is 23.2. The van der Waals surface area contributed by atoms with Crippen LogP contribution in [0.15, 0.2) is 0 Å². The molecule has 0 aliphatic heterocycles. The van der Waals surface area contributed by atoms with Crippen molar-refractivity contribution in [2.24, 2.45) is 23.7 Å². The van der Waals surface area contributed by atoms with Crippen molar-refractivity contribution in [3.63, 3.8) is 0 Å². The van der Waals surface area contributed by atoms with Gasteiger partial charge in [0.15, 0.2) is 0 Å². The van der Waals surface area contributed by atoms with Gasteiger partial charge in [-0.05, 0) is 56.8 Å². The molecule has 0 atom stereocenters. The van der Waals surface area contributed by atoms with E-state index in [0.29, 0.717) is 19.1 Å². The second-order valence-corrected chi connectivity index (χ2v) is 9.24. The number of rotatable bonds is 11. The maximum Gasteiger partial charge on any atom is 0.308 e. The molecular formula is C24H42O4. The molecule has 0 aromatic heterocycles. The molecule has 2 fully saturated rings. The van der Waals surface area contributed by atoms with E-state index < -0.39 is 0 Å². The minimum atomic E-state index is -0.0586. The van der Waals surface area contributed by atoms with Crippen LogP contribution in [0.25, 0.3) is 0 Å². The van der Waals surface area contributed by atoms with E-state index >= 15 is 0 Å². The fourth-order valence-corrected chi connectivity index (χ4v) is 4.55. The van der Waals surface area contributed by atoms with E-state index in [1.807, 2.05) is 0 Å². The Labute approximate surface area is 172 Å². The average Bonchev–Trinajstić information content (AvgIpc) is 2.72. The number of carbonyl (C=O) groups excluding carboxylic acids is 2. The van der Waals surface area contributed by atoms with Gasteiger partial charge in [0.25, 0.3) is 0 Å². The van der Waals surface area contributed by atoms with Crippen LogP contribution in [0, 0.1) is 23.7 Å². The van der Waals surface area contributed by atoms with Crippen LogP contribution < -0.4 is 0 Å². The van der Waals surface area contributed by atoms with Gasteiger partial charge >= 0.3 is 11.9 Å². The summed E-state index contributed by atoms with van der Waals surface area (Å²) in [7, 11) is 0. The lowest BCUT2D eigenvalue weighted by Crippen LogP contribution is -2.29. The van der Waals surface area contributed by atoms with E-state index in [1.54, 1.807) is 0 Å². The largest absolute Gasteiger partial charge is 0.465 e. The molecule has 2 rings (SSSR count). The van der Waals surface area contributed by atoms with Crippen LogP contribution in [0.5, 0.6) is 0 Å². The molecule has 0 unspecified atom stereocenters. The maximum atomic E-state index is 12.4. The molecule has 28 heavy (non-hydrogen) atoms. The van der Waals surface area contributed by atoms with Crippen molar-refractivity contribution in [2.75, 3.05) is 13.2 Å². The third kappa shape index (κ3) is 8.53. The van der Waals surface area contributed by atoms with Crippen molar-refractivity contribution < 1.29 is 19.1 Å². The van der Waals surface area contributed by atoms with Crippen LogP contribution in [-0.4, -0.2) is 25.2 Å². The number of hydrogen-bond acceptors (Lipinski definition) is 4. The van der Waals surface area contributed by atoms with E-state index in [9.17, 15) is 9.59 Å². The predicted octanol–water partition coefficient (Wildman–Crippen LogP) is 6.07. The number of carbonyl (C=O) groups is 2. The zero-order valence-electron chi connectivity index (χ0n) is 18.3. The Hall–Kier alpha value is -1.06. The molecule has 0 bridgehead atoms. The smallest absolute Gasteiger partial charge is 0.308 e. The normalized spacial score (nSPS) is 27.9. The summed E-state index contributed by atoms with van der Waals surface area (Å²) in [5.74, 6) is 1.22. The van der Waals surface area contributed by atoms with Gasteiger partial charge in [0.2, 0.25) is 0 Å². The van der Waals surface area contributed by atoms with E-state index in [2.05, 4.69) is 13.8 Å². The fraction of sp³-hybridized carbons (Fsp3) is 0.917. The van der Waals surface area contributed by atoms with E-state index in [-0.39, 0.29) is 23.8 Å². The zero-order valence-corrected chi connectivity index (χ0v) is 18.3. The highest BCUT2D eigenvalue weighted by molar-refractivity contribution is 5.75. The highest BCUT2D eigenvalue weighted by atomic mass is 16.5. The van der Waals surface area contributed by atoms with Gasteiger partial charge in [-0.3, -0.25) is 9.59 Å². The lowest BCUT2D eigenvalue weighted by atomic mass is 9.82. The van der Waals surface area contributed by atoms with E-state index in [4.69, 9.17) is 9.47 Å². The zero-order chi connectivity index (χ0) is 20.2. The molecule has 0 spiro atoms. The van der Waals surface area contributed by atoms with Crippen molar-refractivity contribution in [1.82, 2.24) is 0 Å². The summed E-state index contributed by atoms with van der Waals surface area (Å²) >= 11 is 0. The average molecular weight is 395 g/mol. The molecule has 0 N–H and O–H groups in total. The van der Waals surface area contributed by atoms with Crippen LogP contribution in [0.3, 0.4) is 0 Å². The minimum Gasteiger partial charge on any atom is -0.465 e. The van der Waals surface area contributed by atoms with Crippen molar-refractivity contribution >= 4 is 11.9 Å². The van der Waals surface area contributed by atoms with Crippen LogP contribution in [0.4, 0.5) is 0 Å². The Morgan fingerprint density at radius 2 is 1.25 bits per heavy atom. The van der Waals surface area contributed by atoms with E-state index in [1.165, 1.54) is 51.4 Å². The molecule has 0 saturated heterocycles. The molecule has 2 aliphatic carbocycles. The second kappa shape index (κ2) is 13.2. The summed E-state index contributed by atoms with van der Waals surface area (Å²) < 4.78 is 11.1. The van der Waals surface area contributed by atoms with Gasteiger partial charge in [0.1, 0.15) is 0 Å². The third-order valence-corrected chi connectivity index (χ3v) is 6.73. The van der Waals surface area contributed by atoms with Gasteiger partial charge < -0.3 is 9.47 Å². The molecule has 2 aliphatic rings. The van der Waals surface area contributed by atoms with Gasteiger partial charge in [-0.2, -0.15) is 0 Å². The predicted molar refractivity (Wildman–Crippen MR) is 112 cm³/mol. The van der Waals surface area contributed by atoms with Gasteiger partial charge in [-0.1, -0.05) is 58.8 Å². The van der Waals surface area contributed by atoms with Crippen LogP contribution in [-0.2, 0) is 19.1 Å². The van der Waals surface area contributed by atoms with Gasteiger partial charge in [-0.25, -0.2) is 0 Å². The Bertz CT molecular complexity index is 446. The molecule has 0 radical (unpaired) electrons. The van der Waals surface area contributed by atoms with Crippen molar-refractivity contribution in [1.29, 1.82) is 0 Å². The molecule has 4 heteroatoms. The van der Waals surface area contributed by atoms with Crippen LogP contribution in [0.2, 0.25) is 0 Å². The van der Waals surface area contributed by atoms with Crippen LogP contribution in [0.1, 0.15) is 104 Å². The van der Waals surface area contributed by atoms with Crippen molar-refractivity contribution in [3.8, 4) is 0 Å². The Morgan fingerprint density at radius 1 is 0.714 bits per heavy atom. The summed E-state index contributed by atoms with van der Waals surface area (Å²) in [6, 6.07) is 0. The van der Waals surface area contributed by atoms with Gasteiger partial charge in [-0.15, -0.1) is 0 Å². The summed E-state index contributed by atoms with van der Waals surface area (Å²) in [5.41, 5.74) is 0. The van der Waals surface area contributed by atoms with Crippen molar-refractivity contribution in [2.45, 2.75) is 104 Å². The monoisotopic (exact) mass is 394 g/mol. The standard InChI is InChI=1S/C24H42O4/c1-3-4-5-6-7-8-17-27-23(25)21-13-15-22(16-14-21)24(26)28-18-20-11-9-19(2)10-12-20/h19-22H,3-18H2,1-2H3. The summed E-state index contributed by atoms with van der Waals surface area (Å²) in [6.07, 6.45) is 15.1. The van der Waals surface area contributed by atoms with Gasteiger partial charge in [0.05, 0.1) is 25.0 Å². The summed E-state index contributed by atoms with van der Waals surface area (Å²) in [4.78, 5) is 24.6. The Balaban J connectivity index is 1.53. The van der Waals surface area contributed by atoms with Crippen molar-refractivity contribution in [3.05, 3.63) is 0 Å². The highest BCUT2D eigenvalue weighted by Crippen LogP contribution is 2.32. The molecule has 162 valence electrons. The number of unbranched alkanes of at least 4 members (excludes halogenated alkanes) is 5. The lowest BCUT2D eigenvalue weighted by Gasteiger charge is -2.28. The number of esters is 2. The Kier molecular flexibility index (Phi) is 11.0. The second-order valence-electron chi connectivity index (χ2n) is 9.24.